The molecule has 1 atom stereocenters. The maximum atomic E-state index is 9.00. The van der Waals surface area contributed by atoms with Crippen LogP contribution < -0.4 is 5.32 Å². The van der Waals surface area contributed by atoms with Crippen molar-refractivity contribution in [2.45, 2.75) is 79.3 Å². The normalized spacial score (nSPS) is 17.4. The van der Waals surface area contributed by atoms with E-state index in [0.717, 1.165) is 23.4 Å². The van der Waals surface area contributed by atoms with E-state index in [2.05, 4.69) is 51.7 Å². The van der Waals surface area contributed by atoms with Gasteiger partial charge in [0.25, 0.3) is 0 Å². The van der Waals surface area contributed by atoms with Crippen LogP contribution >= 0.6 is 0 Å². The van der Waals surface area contributed by atoms with Gasteiger partial charge in [0.05, 0.1) is 22.7 Å². The Labute approximate surface area is 216 Å². The number of hydrogen-bond acceptors (Lipinski definition) is 5. The fourth-order valence-corrected chi connectivity index (χ4v) is 5.18. The zero-order valence-electron chi connectivity index (χ0n) is 22.8. The van der Waals surface area contributed by atoms with Crippen LogP contribution in [0.5, 0.6) is 0 Å². The predicted molar refractivity (Wildman–Crippen MR) is 150 cm³/mol. The van der Waals surface area contributed by atoms with E-state index in [1.165, 1.54) is 5.56 Å². The van der Waals surface area contributed by atoms with Crippen molar-refractivity contribution < 1.29 is 4.74 Å². The summed E-state index contributed by atoms with van der Waals surface area (Å²) in [4.78, 5) is 0. The standard InChI is InChI=1S/C30H41N5O/c1-9-23(18-17-20(4)5)30(10-2,11-3)28(32)36-26(31)25-21(6)34-35-27(25)33-24(19-29(35,7)8)22-15-13-12-14-16-22/h9,12-18,24,31-33H,4,10-11,19H2,1-3,5-8H3/b18-17-,23-9+,31-26?,32-28?/t24-/m1/s1. The number of nitrogens with zero attached hydrogens (tertiary/aromatic N) is 2. The molecule has 0 amide bonds. The Morgan fingerprint density at radius 2 is 1.86 bits per heavy atom. The fraction of sp³-hybridized carbons (Fsp3) is 0.433. The average Bonchev–Trinajstić information content (AvgIpc) is 3.19. The highest BCUT2D eigenvalue weighted by atomic mass is 16.5. The molecule has 36 heavy (non-hydrogen) atoms. The van der Waals surface area contributed by atoms with Crippen molar-refractivity contribution in [3.05, 3.63) is 83.1 Å². The Balaban J connectivity index is 1.97. The summed E-state index contributed by atoms with van der Waals surface area (Å²) in [6.07, 6.45) is 8.23. The molecule has 1 aromatic carbocycles. The van der Waals surface area contributed by atoms with Crippen LogP contribution in [0, 0.1) is 23.2 Å². The number of allylic oxidation sites excluding steroid dienone is 4. The molecule has 0 fully saturated rings. The molecule has 3 N–H and O–H groups in total. The van der Waals surface area contributed by atoms with Gasteiger partial charge >= 0.3 is 0 Å². The third-order valence-corrected chi connectivity index (χ3v) is 7.33. The molecule has 0 saturated carbocycles. The molecule has 2 heterocycles. The van der Waals surface area contributed by atoms with Crippen LogP contribution in [0.1, 0.15) is 83.7 Å². The number of nitrogens with one attached hydrogen (secondary N) is 3. The van der Waals surface area contributed by atoms with E-state index in [1.807, 2.05) is 61.9 Å². The Morgan fingerprint density at radius 3 is 2.42 bits per heavy atom. The SMILES string of the molecule is C=C(C)/C=C\C(=C/C)C(CC)(CC)C(=N)OC(=N)c1c(C)nn2c1N[C@@H](c1ccccc1)CC2(C)C. The Bertz CT molecular complexity index is 1200. The molecule has 0 aliphatic carbocycles. The number of anilines is 1. The first-order chi connectivity index (χ1) is 17.0. The molecule has 6 nitrogen and oxygen atoms in total. The molecular formula is C30H41N5O. The molecule has 1 aliphatic heterocycles. The van der Waals surface area contributed by atoms with Gasteiger partial charge in [-0.15, -0.1) is 0 Å². The zero-order chi connectivity index (χ0) is 26.7. The molecule has 2 aromatic rings. The molecule has 0 radical (unpaired) electrons. The summed E-state index contributed by atoms with van der Waals surface area (Å²) >= 11 is 0. The molecule has 0 unspecified atom stereocenters. The Hall–Kier alpha value is -3.41. The maximum Gasteiger partial charge on any atom is 0.226 e. The minimum absolute atomic E-state index is 0.0543. The molecule has 1 aliphatic rings. The van der Waals surface area contributed by atoms with Gasteiger partial charge in [-0.3, -0.25) is 10.8 Å². The number of benzene rings is 1. The van der Waals surface area contributed by atoms with Gasteiger partial charge in [0.1, 0.15) is 11.4 Å². The summed E-state index contributed by atoms with van der Waals surface area (Å²) in [5.41, 5.74) is 3.57. The third-order valence-electron chi connectivity index (χ3n) is 7.33. The molecule has 0 bridgehead atoms. The van der Waals surface area contributed by atoms with E-state index in [1.54, 1.807) is 0 Å². The van der Waals surface area contributed by atoms with Gasteiger partial charge in [-0.05, 0) is 65.0 Å². The summed E-state index contributed by atoms with van der Waals surface area (Å²) in [5.74, 6) is 0.787. The topological polar surface area (TPSA) is 86.8 Å². The predicted octanol–water partition coefficient (Wildman–Crippen LogP) is 7.69. The van der Waals surface area contributed by atoms with Crippen LogP contribution in [0.4, 0.5) is 5.82 Å². The maximum absolute atomic E-state index is 9.00. The van der Waals surface area contributed by atoms with Crippen molar-refractivity contribution in [2.24, 2.45) is 5.41 Å². The monoisotopic (exact) mass is 487 g/mol. The summed E-state index contributed by atoms with van der Waals surface area (Å²) in [7, 11) is 0. The molecule has 1 aromatic heterocycles. The fourth-order valence-electron chi connectivity index (χ4n) is 5.18. The van der Waals surface area contributed by atoms with Gasteiger partial charge < -0.3 is 10.1 Å². The van der Waals surface area contributed by atoms with E-state index in [4.69, 9.17) is 20.7 Å². The quantitative estimate of drug-likeness (QED) is 0.203. The van der Waals surface area contributed by atoms with Crippen LogP contribution in [0.25, 0.3) is 0 Å². The first kappa shape index (κ1) is 27.2. The lowest BCUT2D eigenvalue weighted by atomic mass is 9.74. The first-order valence-electron chi connectivity index (χ1n) is 12.8. The van der Waals surface area contributed by atoms with Crippen LogP contribution in [-0.4, -0.2) is 21.6 Å². The Kier molecular flexibility index (Phi) is 8.07. The minimum Gasteiger partial charge on any atom is -0.424 e. The van der Waals surface area contributed by atoms with Crippen LogP contribution in [0.15, 0.2) is 66.3 Å². The summed E-state index contributed by atoms with van der Waals surface area (Å²) in [6.45, 7) is 18.2. The number of aryl methyl sites for hydroxylation is 1. The highest BCUT2D eigenvalue weighted by Crippen LogP contribution is 2.42. The lowest BCUT2D eigenvalue weighted by molar-refractivity contribution is 0.262. The second-order valence-electron chi connectivity index (χ2n) is 10.3. The second kappa shape index (κ2) is 10.7. The van der Waals surface area contributed by atoms with E-state index in [9.17, 15) is 0 Å². The van der Waals surface area contributed by atoms with Gasteiger partial charge in [-0.2, -0.15) is 5.10 Å². The van der Waals surface area contributed by atoms with Gasteiger partial charge in [-0.1, -0.05) is 74.6 Å². The van der Waals surface area contributed by atoms with Crippen molar-refractivity contribution in [2.75, 3.05) is 5.32 Å². The zero-order valence-corrected chi connectivity index (χ0v) is 22.8. The highest BCUT2D eigenvalue weighted by Gasteiger charge is 2.40. The van der Waals surface area contributed by atoms with E-state index >= 15 is 0 Å². The Morgan fingerprint density at radius 1 is 1.22 bits per heavy atom. The number of hydrogen-bond donors (Lipinski definition) is 3. The molecule has 0 saturated heterocycles. The van der Waals surface area contributed by atoms with Crippen molar-refractivity contribution in [3.8, 4) is 0 Å². The third kappa shape index (κ3) is 5.08. The van der Waals surface area contributed by atoms with Gasteiger partial charge in [0, 0.05) is 0 Å². The van der Waals surface area contributed by atoms with Crippen molar-refractivity contribution in [3.63, 3.8) is 0 Å². The summed E-state index contributed by atoms with van der Waals surface area (Å²) < 4.78 is 8.03. The van der Waals surface area contributed by atoms with E-state index < -0.39 is 5.41 Å². The summed E-state index contributed by atoms with van der Waals surface area (Å²) in [6, 6.07) is 10.4. The summed E-state index contributed by atoms with van der Waals surface area (Å²) in [5, 5.41) is 26.4. The molecule has 0 spiro atoms. The first-order valence-corrected chi connectivity index (χ1v) is 12.8. The number of rotatable bonds is 8. The van der Waals surface area contributed by atoms with Gasteiger partial charge in [-0.25, -0.2) is 4.68 Å². The van der Waals surface area contributed by atoms with E-state index in [-0.39, 0.29) is 23.4 Å². The largest absolute Gasteiger partial charge is 0.424 e. The number of ether oxygens (including phenoxy) is 1. The smallest absolute Gasteiger partial charge is 0.226 e. The van der Waals surface area contributed by atoms with Gasteiger partial charge in [0.2, 0.25) is 5.90 Å². The van der Waals surface area contributed by atoms with Crippen molar-refractivity contribution >= 4 is 17.6 Å². The van der Waals surface area contributed by atoms with Crippen molar-refractivity contribution in [1.82, 2.24) is 9.78 Å². The lowest BCUT2D eigenvalue weighted by Gasteiger charge is -2.38. The van der Waals surface area contributed by atoms with E-state index in [0.29, 0.717) is 24.1 Å². The number of fused-ring (bicyclic) bond motifs is 1. The second-order valence-corrected chi connectivity index (χ2v) is 10.3. The average molecular weight is 488 g/mol. The molecular weight excluding hydrogens is 446 g/mol. The van der Waals surface area contributed by atoms with Gasteiger partial charge in [0.15, 0.2) is 5.90 Å². The van der Waals surface area contributed by atoms with Crippen LogP contribution in [0.2, 0.25) is 0 Å². The molecule has 192 valence electrons. The molecule has 6 heteroatoms. The number of aromatic nitrogens is 2. The van der Waals surface area contributed by atoms with Crippen LogP contribution in [0.3, 0.4) is 0 Å². The molecule has 3 rings (SSSR count). The highest BCUT2D eigenvalue weighted by molar-refractivity contribution is 6.05. The van der Waals surface area contributed by atoms with Crippen molar-refractivity contribution in [1.29, 1.82) is 10.8 Å². The minimum atomic E-state index is -0.632. The van der Waals surface area contributed by atoms with Crippen LogP contribution in [-0.2, 0) is 10.3 Å². The lowest BCUT2D eigenvalue weighted by Crippen LogP contribution is -2.38.